The summed E-state index contributed by atoms with van der Waals surface area (Å²) in [6, 6.07) is 5.43. The lowest BCUT2D eigenvalue weighted by molar-refractivity contribution is 0.317. The first-order chi connectivity index (χ1) is 6.54. The second kappa shape index (κ2) is 4.43. The topological polar surface area (TPSA) is 66.4 Å². The van der Waals surface area contributed by atoms with Crippen LogP contribution < -0.4 is 4.74 Å². The highest BCUT2D eigenvalue weighted by molar-refractivity contribution is 7.85. The van der Waals surface area contributed by atoms with Crippen LogP contribution in [0.3, 0.4) is 0 Å². The molecule has 0 amide bonds. The molecule has 1 aromatic rings. The molecule has 0 aliphatic heterocycles. The van der Waals surface area contributed by atoms with Crippen molar-refractivity contribution in [3.8, 4) is 5.75 Å². The summed E-state index contributed by atoms with van der Waals surface area (Å²) in [7, 11) is -4.35. The Morgan fingerprint density at radius 2 is 1.86 bits per heavy atom. The summed E-state index contributed by atoms with van der Waals surface area (Å²) in [5.74, 6) is 0.569. The lowest BCUT2D eigenvalue weighted by Gasteiger charge is -2.08. The van der Waals surface area contributed by atoms with Gasteiger partial charge in [0.05, 0.1) is 11.5 Å². The third-order valence-corrected chi connectivity index (χ3v) is 2.43. The van der Waals surface area contributed by atoms with Crippen LogP contribution in [-0.2, 0) is 10.1 Å². The van der Waals surface area contributed by atoms with Crippen molar-refractivity contribution in [2.24, 2.45) is 0 Å². The highest BCUT2D eigenvalue weighted by atomic mass is 32.2. The second-order valence-corrected chi connectivity index (χ2v) is 4.15. The first-order valence-corrected chi connectivity index (χ1v) is 5.63. The van der Waals surface area contributed by atoms with Gasteiger partial charge in [-0.15, -0.1) is 0 Å². The van der Waals surface area contributed by atoms with Crippen LogP contribution >= 0.6 is 0 Å². The van der Waals surface area contributed by atoms with Gasteiger partial charge in [0, 0.05) is 0 Å². The normalized spacial score (nSPS) is 11.3. The molecular weight excluding hydrogens is 204 g/mol. The van der Waals surface area contributed by atoms with E-state index in [2.05, 4.69) is 0 Å². The average molecular weight is 215 g/mol. The third-order valence-electron chi connectivity index (χ3n) is 1.59. The molecule has 0 N–H and O–H groups in total. The molecule has 0 saturated carbocycles. The van der Waals surface area contributed by atoms with Crippen molar-refractivity contribution in [2.75, 3.05) is 6.61 Å². The fourth-order valence-corrected chi connectivity index (χ4v) is 1.39. The molecule has 0 saturated heterocycles. The third kappa shape index (κ3) is 3.01. The second-order valence-electron chi connectivity index (χ2n) is 2.77. The van der Waals surface area contributed by atoms with Gasteiger partial charge in [0.25, 0.3) is 0 Å². The standard InChI is InChI=1S/C9H12O4S/c1-2-7-13-8-3-5-9(6-4-8)14(10,11)12/h3-6H,2,7H2,1H3,(H,10,11,12)/p-1. The summed E-state index contributed by atoms with van der Waals surface area (Å²) in [6.45, 7) is 2.54. The molecule has 1 rings (SSSR count). The molecule has 0 heterocycles. The van der Waals surface area contributed by atoms with Crippen LogP contribution in [0, 0.1) is 0 Å². The highest BCUT2D eigenvalue weighted by Crippen LogP contribution is 2.15. The van der Waals surface area contributed by atoms with E-state index in [4.69, 9.17) is 4.74 Å². The van der Waals surface area contributed by atoms with Gasteiger partial charge in [-0.3, -0.25) is 0 Å². The minimum absolute atomic E-state index is 0.235. The van der Waals surface area contributed by atoms with Gasteiger partial charge in [-0.25, -0.2) is 8.42 Å². The minimum atomic E-state index is -4.35. The zero-order valence-corrected chi connectivity index (χ0v) is 8.58. The van der Waals surface area contributed by atoms with Crippen LogP contribution in [0.25, 0.3) is 0 Å². The molecule has 1 aromatic carbocycles. The Labute approximate surface area is 83.3 Å². The first kappa shape index (κ1) is 11.0. The summed E-state index contributed by atoms with van der Waals surface area (Å²) in [5.41, 5.74) is 0. The molecule has 5 heteroatoms. The van der Waals surface area contributed by atoms with E-state index in [1.54, 1.807) is 0 Å². The summed E-state index contributed by atoms with van der Waals surface area (Å²) < 4.78 is 36.9. The van der Waals surface area contributed by atoms with Gasteiger partial charge in [-0.2, -0.15) is 0 Å². The van der Waals surface area contributed by atoms with E-state index < -0.39 is 10.1 Å². The van der Waals surface area contributed by atoms with Crippen molar-refractivity contribution in [2.45, 2.75) is 18.2 Å². The maximum Gasteiger partial charge on any atom is 0.124 e. The van der Waals surface area contributed by atoms with Gasteiger partial charge in [0.1, 0.15) is 15.9 Å². The molecule has 0 radical (unpaired) electrons. The lowest BCUT2D eigenvalue weighted by atomic mass is 10.3. The van der Waals surface area contributed by atoms with E-state index in [1.165, 1.54) is 24.3 Å². The van der Waals surface area contributed by atoms with E-state index in [1.807, 2.05) is 6.92 Å². The van der Waals surface area contributed by atoms with Crippen LogP contribution in [-0.4, -0.2) is 19.6 Å². The molecule has 0 atom stereocenters. The van der Waals surface area contributed by atoms with Crippen LogP contribution in [0.1, 0.15) is 13.3 Å². The predicted octanol–water partition coefficient (Wildman–Crippen LogP) is 1.38. The van der Waals surface area contributed by atoms with Crippen molar-refractivity contribution in [1.82, 2.24) is 0 Å². The SMILES string of the molecule is CCCOc1ccc(S(=O)(=O)[O-])cc1. The average Bonchev–Trinajstić information content (AvgIpc) is 2.14. The Morgan fingerprint density at radius 1 is 1.29 bits per heavy atom. The number of ether oxygens (including phenoxy) is 1. The van der Waals surface area contributed by atoms with Gasteiger partial charge in [0.2, 0.25) is 0 Å². The van der Waals surface area contributed by atoms with Crippen molar-refractivity contribution in [3.05, 3.63) is 24.3 Å². The Balaban J connectivity index is 2.79. The maximum atomic E-state index is 10.6. The van der Waals surface area contributed by atoms with Gasteiger partial charge in [0.15, 0.2) is 0 Å². The Morgan fingerprint density at radius 3 is 2.29 bits per heavy atom. The van der Waals surface area contributed by atoms with Crippen molar-refractivity contribution >= 4 is 10.1 Å². The number of hydrogen-bond donors (Lipinski definition) is 0. The molecule has 0 bridgehead atoms. The van der Waals surface area contributed by atoms with Gasteiger partial charge in [-0.1, -0.05) is 6.92 Å². The van der Waals surface area contributed by atoms with E-state index in [-0.39, 0.29) is 4.90 Å². The van der Waals surface area contributed by atoms with Crippen molar-refractivity contribution in [3.63, 3.8) is 0 Å². The molecular formula is C9H11O4S-. The first-order valence-electron chi connectivity index (χ1n) is 4.23. The van der Waals surface area contributed by atoms with Crippen molar-refractivity contribution < 1.29 is 17.7 Å². The molecule has 0 aliphatic rings. The minimum Gasteiger partial charge on any atom is -0.744 e. The monoisotopic (exact) mass is 215 g/mol. The summed E-state index contributed by atoms with van der Waals surface area (Å²) in [6.07, 6.45) is 0.877. The molecule has 0 fully saturated rings. The summed E-state index contributed by atoms with van der Waals surface area (Å²) in [5, 5.41) is 0. The molecule has 78 valence electrons. The Kier molecular flexibility index (Phi) is 3.49. The quantitative estimate of drug-likeness (QED) is 0.711. The van der Waals surface area contributed by atoms with Crippen LogP contribution in [0.5, 0.6) is 5.75 Å². The molecule has 4 nitrogen and oxygen atoms in total. The Bertz CT molecular complexity index is 380. The number of benzene rings is 1. The van der Waals surface area contributed by atoms with Crippen LogP contribution in [0.2, 0.25) is 0 Å². The predicted molar refractivity (Wildman–Crippen MR) is 50.2 cm³/mol. The zero-order chi connectivity index (χ0) is 10.6. The van der Waals surface area contributed by atoms with E-state index >= 15 is 0 Å². The lowest BCUT2D eigenvalue weighted by Crippen LogP contribution is -1.99. The Hall–Kier alpha value is -1.07. The molecule has 0 spiro atoms. The van der Waals surface area contributed by atoms with Gasteiger partial charge < -0.3 is 9.29 Å². The van der Waals surface area contributed by atoms with Gasteiger partial charge in [-0.05, 0) is 30.7 Å². The molecule has 0 aromatic heterocycles. The number of rotatable bonds is 4. The summed E-state index contributed by atoms with van der Waals surface area (Å²) in [4.78, 5) is -0.235. The van der Waals surface area contributed by atoms with Gasteiger partial charge >= 0.3 is 0 Å². The van der Waals surface area contributed by atoms with E-state index in [9.17, 15) is 13.0 Å². The number of hydrogen-bond acceptors (Lipinski definition) is 4. The smallest absolute Gasteiger partial charge is 0.124 e. The fourth-order valence-electron chi connectivity index (χ4n) is 0.922. The van der Waals surface area contributed by atoms with Crippen molar-refractivity contribution in [1.29, 1.82) is 0 Å². The maximum absolute atomic E-state index is 10.6. The van der Waals surface area contributed by atoms with E-state index in [0.29, 0.717) is 12.4 Å². The fraction of sp³-hybridized carbons (Fsp3) is 0.333. The molecule has 14 heavy (non-hydrogen) atoms. The largest absolute Gasteiger partial charge is 0.744 e. The zero-order valence-electron chi connectivity index (χ0n) is 7.76. The van der Waals surface area contributed by atoms with Crippen LogP contribution in [0.15, 0.2) is 29.2 Å². The summed E-state index contributed by atoms with van der Waals surface area (Å²) >= 11 is 0. The molecule has 0 unspecified atom stereocenters. The highest BCUT2D eigenvalue weighted by Gasteiger charge is 2.00. The van der Waals surface area contributed by atoms with E-state index in [0.717, 1.165) is 6.42 Å². The molecule has 0 aliphatic carbocycles. The van der Waals surface area contributed by atoms with Crippen LogP contribution in [0.4, 0.5) is 0 Å².